The van der Waals surface area contributed by atoms with Crippen molar-refractivity contribution in [3.8, 4) is 17.0 Å². The fraction of sp³-hybridized carbons (Fsp3) is 0.211. The molecule has 0 amide bonds. The molecule has 118 valence electrons. The lowest BCUT2D eigenvalue weighted by molar-refractivity contribution is 0.216. The molecule has 0 spiro atoms. The molecule has 0 aliphatic carbocycles. The van der Waals surface area contributed by atoms with Crippen molar-refractivity contribution in [2.45, 2.75) is 6.54 Å². The summed E-state index contributed by atoms with van der Waals surface area (Å²) in [6.07, 6.45) is 0. The summed E-state index contributed by atoms with van der Waals surface area (Å²) in [6.45, 7) is 2.16. The monoisotopic (exact) mass is 308 g/mol. The van der Waals surface area contributed by atoms with Gasteiger partial charge < -0.3 is 9.26 Å². The summed E-state index contributed by atoms with van der Waals surface area (Å²) in [5.74, 6) is 1.75. The lowest BCUT2D eigenvalue weighted by Gasteiger charge is -2.15. The van der Waals surface area contributed by atoms with Gasteiger partial charge in [-0.3, -0.25) is 4.90 Å². The lowest BCUT2D eigenvalue weighted by Crippen LogP contribution is -2.23. The van der Waals surface area contributed by atoms with Crippen LogP contribution in [0.15, 0.2) is 71.3 Å². The molecule has 3 aromatic rings. The summed E-state index contributed by atoms with van der Waals surface area (Å²) < 4.78 is 11.1. The van der Waals surface area contributed by atoms with Crippen LogP contribution in [0.2, 0.25) is 0 Å². The Morgan fingerprint density at radius 3 is 2.43 bits per heavy atom. The molecule has 0 atom stereocenters. The van der Waals surface area contributed by atoms with Crippen molar-refractivity contribution in [3.63, 3.8) is 0 Å². The van der Waals surface area contributed by atoms with Crippen molar-refractivity contribution >= 4 is 0 Å². The van der Waals surface area contributed by atoms with Gasteiger partial charge in [0.15, 0.2) is 5.76 Å². The largest absolute Gasteiger partial charge is 0.492 e. The van der Waals surface area contributed by atoms with E-state index in [9.17, 15) is 0 Å². The van der Waals surface area contributed by atoms with Crippen LogP contribution in [-0.2, 0) is 6.54 Å². The van der Waals surface area contributed by atoms with Crippen molar-refractivity contribution in [2.24, 2.45) is 0 Å². The summed E-state index contributed by atoms with van der Waals surface area (Å²) in [7, 11) is 2.04. The third-order valence-electron chi connectivity index (χ3n) is 3.54. The van der Waals surface area contributed by atoms with Gasteiger partial charge >= 0.3 is 0 Å². The molecule has 0 unspecified atom stereocenters. The van der Waals surface area contributed by atoms with Gasteiger partial charge in [-0.05, 0) is 19.2 Å². The highest BCUT2D eigenvalue weighted by Crippen LogP contribution is 2.19. The summed E-state index contributed by atoms with van der Waals surface area (Å²) in [4.78, 5) is 2.15. The van der Waals surface area contributed by atoms with E-state index in [-0.39, 0.29) is 0 Å². The first-order chi connectivity index (χ1) is 11.3. The number of rotatable bonds is 7. The molecule has 0 aliphatic rings. The first-order valence-electron chi connectivity index (χ1n) is 7.69. The van der Waals surface area contributed by atoms with Gasteiger partial charge in [0.2, 0.25) is 0 Å². The highest BCUT2D eigenvalue weighted by Gasteiger charge is 2.08. The van der Waals surface area contributed by atoms with Gasteiger partial charge in [-0.1, -0.05) is 53.7 Å². The molecule has 4 nitrogen and oxygen atoms in total. The zero-order valence-corrected chi connectivity index (χ0v) is 13.2. The molecule has 23 heavy (non-hydrogen) atoms. The number of para-hydroxylation sites is 1. The van der Waals surface area contributed by atoms with Crippen molar-refractivity contribution in [1.82, 2.24) is 10.1 Å². The second kappa shape index (κ2) is 7.61. The minimum absolute atomic E-state index is 0.639. The van der Waals surface area contributed by atoms with Crippen LogP contribution < -0.4 is 4.74 Å². The fourth-order valence-electron chi connectivity index (χ4n) is 2.31. The number of hydrogen-bond donors (Lipinski definition) is 0. The van der Waals surface area contributed by atoms with Crippen molar-refractivity contribution in [1.29, 1.82) is 0 Å². The van der Waals surface area contributed by atoms with Crippen LogP contribution in [0, 0.1) is 0 Å². The van der Waals surface area contributed by atoms with E-state index >= 15 is 0 Å². The van der Waals surface area contributed by atoms with Crippen LogP contribution in [0.25, 0.3) is 11.3 Å². The molecule has 1 aromatic heterocycles. The van der Waals surface area contributed by atoms with Gasteiger partial charge in [0.05, 0.1) is 6.54 Å². The van der Waals surface area contributed by atoms with Gasteiger partial charge in [-0.15, -0.1) is 0 Å². The van der Waals surface area contributed by atoms with E-state index in [1.807, 2.05) is 73.8 Å². The van der Waals surface area contributed by atoms with Gasteiger partial charge in [-0.25, -0.2) is 0 Å². The third kappa shape index (κ3) is 4.44. The molecule has 0 saturated carbocycles. The molecule has 0 saturated heterocycles. The van der Waals surface area contributed by atoms with Crippen LogP contribution in [0.1, 0.15) is 5.76 Å². The molecule has 2 aromatic carbocycles. The number of benzene rings is 2. The predicted octanol–water partition coefficient (Wildman–Crippen LogP) is 3.85. The van der Waals surface area contributed by atoms with E-state index in [1.165, 1.54) is 0 Å². The van der Waals surface area contributed by atoms with E-state index in [2.05, 4.69) is 10.1 Å². The molecule has 0 N–H and O–H groups in total. The third-order valence-corrected chi connectivity index (χ3v) is 3.54. The lowest BCUT2D eigenvalue weighted by atomic mass is 10.1. The molecular weight excluding hydrogens is 288 g/mol. The fourth-order valence-corrected chi connectivity index (χ4v) is 2.31. The van der Waals surface area contributed by atoms with Crippen LogP contribution in [-0.4, -0.2) is 30.3 Å². The molecule has 0 radical (unpaired) electrons. The number of aromatic nitrogens is 1. The Hall–Kier alpha value is -2.59. The SMILES string of the molecule is CN(CCOc1ccccc1)Cc1cc(-c2ccccc2)no1. The van der Waals surface area contributed by atoms with E-state index in [0.29, 0.717) is 13.2 Å². The van der Waals surface area contributed by atoms with E-state index in [4.69, 9.17) is 9.26 Å². The quantitative estimate of drug-likeness (QED) is 0.664. The van der Waals surface area contributed by atoms with Crippen LogP contribution >= 0.6 is 0 Å². The van der Waals surface area contributed by atoms with E-state index in [1.54, 1.807) is 0 Å². The highest BCUT2D eigenvalue weighted by molar-refractivity contribution is 5.58. The summed E-state index contributed by atoms with van der Waals surface area (Å²) in [6, 6.07) is 21.9. The number of nitrogens with zero attached hydrogens (tertiary/aromatic N) is 2. The number of likely N-dealkylation sites (N-methyl/N-ethyl adjacent to an activating group) is 1. The minimum atomic E-state index is 0.639. The molecule has 4 heteroatoms. The predicted molar refractivity (Wildman–Crippen MR) is 90.2 cm³/mol. The zero-order chi connectivity index (χ0) is 15.9. The van der Waals surface area contributed by atoms with Crippen LogP contribution in [0.5, 0.6) is 5.75 Å². The Labute approximate surface area is 136 Å². The smallest absolute Gasteiger partial charge is 0.151 e. The number of ether oxygens (including phenoxy) is 1. The molecule has 3 rings (SSSR count). The van der Waals surface area contributed by atoms with Crippen molar-refractivity contribution < 1.29 is 9.26 Å². The van der Waals surface area contributed by atoms with Crippen molar-refractivity contribution in [3.05, 3.63) is 72.5 Å². The first-order valence-corrected chi connectivity index (χ1v) is 7.69. The summed E-state index contributed by atoms with van der Waals surface area (Å²) in [5.41, 5.74) is 1.94. The van der Waals surface area contributed by atoms with Gasteiger partial charge in [0.25, 0.3) is 0 Å². The molecule has 0 aliphatic heterocycles. The molecule has 1 heterocycles. The Kier molecular flexibility index (Phi) is 5.06. The second-order valence-electron chi connectivity index (χ2n) is 5.44. The maximum Gasteiger partial charge on any atom is 0.151 e. The molecular formula is C19H20N2O2. The topological polar surface area (TPSA) is 38.5 Å². The minimum Gasteiger partial charge on any atom is -0.492 e. The average Bonchev–Trinajstić information content (AvgIpc) is 3.05. The number of hydrogen-bond acceptors (Lipinski definition) is 4. The second-order valence-corrected chi connectivity index (χ2v) is 5.44. The summed E-state index contributed by atoms with van der Waals surface area (Å²) >= 11 is 0. The Morgan fingerprint density at radius 2 is 1.70 bits per heavy atom. The normalized spacial score (nSPS) is 10.9. The standard InChI is InChI=1S/C19H20N2O2/c1-21(12-13-22-17-10-6-3-7-11-17)15-18-14-19(20-23-18)16-8-4-2-5-9-16/h2-11,14H,12-13,15H2,1H3. The maximum atomic E-state index is 5.70. The van der Waals surface area contributed by atoms with Gasteiger partial charge in [0.1, 0.15) is 18.1 Å². The Balaban J connectivity index is 1.48. The van der Waals surface area contributed by atoms with E-state index in [0.717, 1.165) is 29.3 Å². The Morgan fingerprint density at radius 1 is 1.00 bits per heavy atom. The molecule has 0 bridgehead atoms. The van der Waals surface area contributed by atoms with E-state index < -0.39 is 0 Å². The van der Waals surface area contributed by atoms with Crippen LogP contribution in [0.3, 0.4) is 0 Å². The molecule has 0 fully saturated rings. The van der Waals surface area contributed by atoms with Gasteiger partial charge in [-0.2, -0.15) is 0 Å². The average molecular weight is 308 g/mol. The Bertz CT molecular complexity index is 711. The van der Waals surface area contributed by atoms with Gasteiger partial charge in [0, 0.05) is 18.2 Å². The van der Waals surface area contributed by atoms with Crippen LogP contribution in [0.4, 0.5) is 0 Å². The first kappa shape index (κ1) is 15.3. The zero-order valence-electron chi connectivity index (χ0n) is 13.2. The summed E-state index contributed by atoms with van der Waals surface area (Å²) in [5, 5.41) is 4.13. The maximum absolute atomic E-state index is 5.70. The highest BCUT2D eigenvalue weighted by atomic mass is 16.5. The van der Waals surface area contributed by atoms with Crippen molar-refractivity contribution in [2.75, 3.05) is 20.2 Å².